The highest BCUT2D eigenvalue weighted by Gasteiger charge is 2.35. The van der Waals surface area contributed by atoms with Gasteiger partial charge in [0.15, 0.2) is 11.5 Å². The first-order valence-electron chi connectivity index (χ1n) is 9.33. The van der Waals surface area contributed by atoms with Gasteiger partial charge >= 0.3 is 0 Å². The summed E-state index contributed by atoms with van der Waals surface area (Å²) in [6, 6.07) is 6.13. The van der Waals surface area contributed by atoms with Crippen molar-refractivity contribution < 1.29 is 14.1 Å². The number of pyridine rings is 1. The van der Waals surface area contributed by atoms with Crippen LogP contribution in [-0.2, 0) is 17.8 Å². The average Bonchev–Trinajstić information content (AvgIpc) is 3.10. The standard InChI is InChI=1S/C19H25N5O3/c1-22(11-15-3-2-4-20-10-15)16-12-24(13-16)19(25)18-9-17(27-21-18)14-23-5-7-26-8-6-23/h2-4,9-10,16H,5-8,11-14H2,1H3. The molecule has 8 nitrogen and oxygen atoms in total. The molecule has 2 aromatic rings. The van der Waals surface area contributed by atoms with Crippen molar-refractivity contribution in [3.05, 3.63) is 47.6 Å². The predicted octanol–water partition coefficient (Wildman–Crippen LogP) is 0.858. The van der Waals surface area contributed by atoms with Crippen LogP contribution in [0.4, 0.5) is 0 Å². The molecule has 8 heteroatoms. The summed E-state index contributed by atoms with van der Waals surface area (Å²) in [6.07, 6.45) is 3.65. The van der Waals surface area contributed by atoms with Crippen LogP contribution in [-0.4, -0.2) is 83.2 Å². The van der Waals surface area contributed by atoms with Crippen LogP contribution in [0.1, 0.15) is 21.8 Å². The van der Waals surface area contributed by atoms with E-state index in [2.05, 4.69) is 33.1 Å². The zero-order chi connectivity index (χ0) is 18.6. The van der Waals surface area contributed by atoms with Gasteiger partial charge in [-0.25, -0.2) is 0 Å². The number of morpholine rings is 1. The Morgan fingerprint density at radius 1 is 1.33 bits per heavy atom. The van der Waals surface area contributed by atoms with Gasteiger partial charge in [-0.15, -0.1) is 0 Å². The third-order valence-electron chi connectivity index (χ3n) is 5.19. The second kappa shape index (κ2) is 8.16. The van der Waals surface area contributed by atoms with Gasteiger partial charge < -0.3 is 14.2 Å². The van der Waals surface area contributed by atoms with Crippen molar-refractivity contribution in [3.8, 4) is 0 Å². The Hall–Kier alpha value is -2.29. The van der Waals surface area contributed by atoms with Crippen LogP contribution in [0.5, 0.6) is 0 Å². The van der Waals surface area contributed by atoms with Gasteiger partial charge in [-0.05, 0) is 18.7 Å². The lowest BCUT2D eigenvalue weighted by atomic mass is 10.1. The summed E-state index contributed by atoms with van der Waals surface area (Å²) in [6.45, 7) is 6.14. The Morgan fingerprint density at radius 2 is 2.15 bits per heavy atom. The number of carbonyl (C=O) groups excluding carboxylic acids is 1. The molecule has 0 atom stereocenters. The molecule has 4 rings (SSSR count). The van der Waals surface area contributed by atoms with Gasteiger partial charge in [0.25, 0.3) is 5.91 Å². The summed E-state index contributed by atoms with van der Waals surface area (Å²) < 4.78 is 10.7. The third kappa shape index (κ3) is 4.35. The Labute approximate surface area is 158 Å². The van der Waals surface area contributed by atoms with Crippen molar-refractivity contribution in [2.45, 2.75) is 19.1 Å². The molecule has 2 aliphatic heterocycles. The Bertz CT molecular complexity index is 754. The van der Waals surface area contributed by atoms with Gasteiger partial charge in [0, 0.05) is 57.2 Å². The first-order valence-corrected chi connectivity index (χ1v) is 9.33. The van der Waals surface area contributed by atoms with E-state index < -0.39 is 0 Å². The number of hydrogen-bond acceptors (Lipinski definition) is 7. The average molecular weight is 371 g/mol. The van der Waals surface area contributed by atoms with Crippen molar-refractivity contribution >= 4 is 5.91 Å². The summed E-state index contributed by atoms with van der Waals surface area (Å²) in [5.41, 5.74) is 1.57. The lowest BCUT2D eigenvalue weighted by Crippen LogP contribution is -2.59. The molecule has 4 heterocycles. The zero-order valence-corrected chi connectivity index (χ0v) is 15.6. The quantitative estimate of drug-likeness (QED) is 0.745. The summed E-state index contributed by atoms with van der Waals surface area (Å²) in [7, 11) is 2.08. The molecule has 0 spiro atoms. The van der Waals surface area contributed by atoms with Crippen molar-refractivity contribution in [1.82, 2.24) is 24.8 Å². The molecule has 2 saturated heterocycles. The summed E-state index contributed by atoms with van der Waals surface area (Å²) >= 11 is 0. The SMILES string of the molecule is CN(Cc1cccnc1)C1CN(C(=O)c2cc(CN3CCOCC3)on2)C1. The van der Waals surface area contributed by atoms with Gasteiger partial charge in [-0.1, -0.05) is 11.2 Å². The number of hydrogen-bond donors (Lipinski definition) is 0. The van der Waals surface area contributed by atoms with Crippen molar-refractivity contribution in [1.29, 1.82) is 0 Å². The van der Waals surface area contributed by atoms with E-state index in [1.165, 1.54) is 5.56 Å². The Kier molecular flexibility index (Phi) is 5.47. The molecule has 27 heavy (non-hydrogen) atoms. The summed E-state index contributed by atoms with van der Waals surface area (Å²) in [5.74, 6) is 0.670. The highest BCUT2D eigenvalue weighted by atomic mass is 16.5. The number of amides is 1. The number of carbonyl (C=O) groups is 1. The first kappa shape index (κ1) is 18.1. The van der Waals surface area contributed by atoms with Crippen LogP contribution in [0.15, 0.2) is 35.1 Å². The van der Waals surface area contributed by atoms with Crippen LogP contribution in [0.3, 0.4) is 0 Å². The number of aromatic nitrogens is 2. The molecular formula is C19H25N5O3. The predicted molar refractivity (Wildman–Crippen MR) is 98.0 cm³/mol. The van der Waals surface area contributed by atoms with Gasteiger partial charge in [0.2, 0.25) is 0 Å². The minimum absolute atomic E-state index is 0.0574. The lowest BCUT2D eigenvalue weighted by molar-refractivity contribution is 0.0302. The maximum atomic E-state index is 12.6. The molecule has 2 aromatic heterocycles. The minimum atomic E-state index is -0.0574. The molecule has 1 amide bonds. The van der Waals surface area contributed by atoms with Gasteiger partial charge in [-0.2, -0.15) is 0 Å². The lowest BCUT2D eigenvalue weighted by Gasteiger charge is -2.43. The second-order valence-corrected chi connectivity index (χ2v) is 7.21. The van der Waals surface area contributed by atoms with E-state index in [0.717, 1.165) is 38.6 Å². The molecular weight excluding hydrogens is 346 g/mol. The van der Waals surface area contributed by atoms with E-state index in [9.17, 15) is 4.79 Å². The molecule has 0 aromatic carbocycles. The topological polar surface area (TPSA) is 74.9 Å². The number of rotatable bonds is 6. The van der Waals surface area contributed by atoms with Gasteiger partial charge in [0.05, 0.1) is 19.8 Å². The Morgan fingerprint density at radius 3 is 2.89 bits per heavy atom. The van der Waals surface area contributed by atoms with Crippen LogP contribution in [0.25, 0.3) is 0 Å². The van der Waals surface area contributed by atoms with Crippen LogP contribution >= 0.6 is 0 Å². The smallest absolute Gasteiger partial charge is 0.276 e. The molecule has 2 fully saturated rings. The number of likely N-dealkylation sites (tertiary alicyclic amines) is 1. The third-order valence-corrected chi connectivity index (χ3v) is 5.19. The molecule has 0 radical (unpaired) electrons. The zero-order valence-electron chi connectivity index (χ0n) is 15.6. The summed E-state index contributed by atoms with van der Waals surface area (Å²) in [5, 5.41) is 3.98. The molecule has 0 N–H and O–H groups in total. The highest BCUT2D eigenvalue weighted by Crippen LogP contribution is 2.19. The van der Waals surface area contributed by atoms with E-state index in [1.54, 1.807) is 12.3 Å². The van der Waals surface area contributed by atoms with E-state index in [1.807, 2.05) is 17.2 Å². The van der Waals surface area contributed by atoms with Crippen molar-refractivity contribution in [2.24, 2.45) is 0 Å². The van der Waals surface area contributed by atoms with Gasteiger partial charge in [-0.3, -0.25) is 19.6 Å². The number of nitrogens with zero attached hydrogens (tertiary/aromatic N) is 5. The van der Waals surface area contributed by atoms with E-state index in [-0.39, 0.29) is 5.91 Å². The number of ether oxygens (including phenoxy) is 1. The van der Waals surface area contributed by atoms with Crippen LogP contribution in [0, 0.1) is 0 Å². The Balaban J connectivity index is 1.26. The van der Waals surface area contributed by atoms with Crippen LogP contribution < -0.4 is 0 Å². The fourth-order valence-corrected chi connectivity index (χ4v) is 3.44. The van der Waals surface area contributed by atoms with E-state index in [4.69, 9.17) is 9.26 Å². The maximum Gasteiger partial charge on any atom is 0.276 e. The first-order chi connectivity index (χ1) is 13.2. The summed E-state index contributed by atoms with van der Waals surface area (Å²) in [4.78, 5) is 23.1. The molecule has 0 bridgehead atoms. The van der Waals surface area contributed by atoms with Crippen molar-refractivity contribution in [2.75, 3.05) is 46.4 Å². The fraction of sp³-hybridized carbons (Fsp3) is 0.526. The van der Waals surface area contributed by atoms with Crippen LogP contribution in [0.2, 0.25) is 0 Å². The second-order valence-electron chi connectivity index (χ2n) is 7.21. The minimum Gasteiger partial charge on any atom is -0.379 e. The molecule has 144 valence electrons. The number of likely N-dealkylation sites (N-methyl/N-ethyl adjacent to an activating group) is 1. The molecule has 0 unspecified atom stereocenters. The van der Waals surface area contributed by atoms with E-state index >= 15 is 0 Å². The normalized spacial score (nSPS) is 18.7. The monoisotopic (exact) mass is 371 g/mol. The fourth-order valence-electron chi connectivity index (χ4n) is 3.44. The maximum absolute atomic E-state index is 12.6. The molecule has 0 saturated carbocycles. The van der Waals surface area contributed by atoms with E-state index in [0.29, 0.717) is 31.4 Å². The largest absolute Gasteiger partial charge is 0.379 e. The highest BCUT2D eigenvalue weighted by molar-refractivity contribution is 5.92. The molecule has 0 aliphatic carbocycles. The van der Waals surface area contributed by atoms with Gasteiger partial charge in [0.1, 0.15) is 0 Å². The van der Waals surface area contributed by atoms with Crippen molar-refractivity contribution in [3.63, 3.8) is 0 Å². The molecule has 2 aliphatic rings.